The van der Waals surface area contributed by atoms with Crippen molar-refractivity contribution < 1.29 is 29.7 Å². The topological polar surface area (TPSA) is 120 Å². The minimum atomic E-state index is -0.952. The van der Waals surface area contributed by atoms with E-state index >= 15 is 0 Å². The molecule has 0 N–H and O–H groups in total. The Morgan fingerprint density at radius 3 is 0.821 bits per heavy atom. The van der Waals surface area contributed by atoms with Crippen LogP contribution in [0.4, 0.5) is 0 Å². The number of rotatable bonds is 12. The summed E-state index contributed by atoms with van der Waals surface area (Å²) in [6, 6.07) is 0. The van der Waals surface area contributed by atoms with Crippen molar-refractivity contribution >= 4 is 82.0 Å². The largest absolute Gasteiger partial charge is 3.00 e. The van der Waals surface area contributed by atoms with E-state index in [0.29, 0.717) is 55.8 Å². The van der Waals surface area contributed by atoms with Gasteiger partial charge in [-0.25, -0.2) is 0 Å². The number of thiol groups is 3. The first-order chi connectivity index (χ1) is 12.7. The van der Waals surface area contributed by atoms with E-state index in [1.807, 2.05) is 20.8 Å². The van der Waals surface area contributed by atoms with Gasteiger partial charge in [-0.05, 0) is 73.5 Å². The van der Waals surface area contributed by atoms with Crippen LogP contribution in [-0.2, 0) is 14.4 Å². The number of hydrogen-bond donors (Lipinski definition) is 3. The Balaban J connectivity index is -0.000000152. The molecule has 0 rings (SSSR count). The summed E-state index contributed by atoms with van der Waals surface area (Å²) in [4.78, 5) is 30.5. The van der Waals surface area contributed by atoms with Gasteiger partial charge in [0.2, 0.25) is 0 Å². The Morgan fingerprint density at radius 1 is 0.607 bits per heavy atom. The first kappa shape index (κ1) is 35.8. The summed E-state index contributed by atoms with van der Waals surface area (Å²) in [5.74, 6) is -1.91. The van der Waals surface area contributed by atoms with Crippen LogP contribution in [-0.4, -0.2) is 61.4 Å². The van der Waals surface area contributed by atoms with E-state index < -0.39 is 17.9 Å². The fraction of sp³-hybridized carbons (Fsp3) is 0.833. The van der Waals surface area contributed by atoms with Crippen molar-refractivity contribution in [2.45, 2.75) is 59.3 Å². The molecule has 3 unspecified atom stereocenters. The van der Waals surface area contributed by atoms with Gasteiger partial charge >= 0.3 is 26.2 Å². The molecular formula is C18H33BiO6S3. The average molecular weight is 651 g/mol. The Hall–Kier alpha value is 0.343. The minimum absolute atomic E-state index is 0. The van der Waals surface area contributed by atoms with Crippen molar-refractivity contribution in [1.82, 2.24) is 0 Å². The third kappa shape index (κ3) is 22.6. The third-order valence-corrected chi connectivity index (χ3v) is 4.69. The number of carboxylic acids is 3. The minimum Gasteiger partial charge on any atom is -0.550 e. The van der Waals surface area contributed by atoms with Crippen molar-refractivity contribution in [1.29, 1.82) is 0 Å². The van der Waals surface area contributed by atoms with Gasteiger partial charge in [0.05, 0.1) is 0 Å². The summed E-state index contributed by atoms with van der Waals surface area (Å²) in [7, 11) is 0. The van der Waals surface area contributed by atoms with Gasteiger partial charge in [0.25, 0.3) is 0 Å². The van der Waals surface area contributed by atoms with Crippen LogP contribution in [0.2, 0.25) is 0 Å². The van der Waals surface area contributed by atoms with Crippen molar-refractivity contribution in [3.63, 3.8) is 0 Å². The SMILES string of the molecule is CCC(CCS)C(=O)[O-].CCC(CCS)C(=O)[O-].CCC(CCS)C(=O)[O-].[Bi+3]. The first-order valence-corrected chi connectivity index (χ1v) is 11.0. The zero-order chi connectivity index (χ0) is 21.8. The fourth-order valence-electron chi connectivity index (χ4n) is 1.93. The van der Waals surface area contributed by atoms with Gasteiger partial charge in [-0.3, -0.25) is 0 Å². The summed E-state index contributed by atoms with van der Waals surface area (Å²) in [5.41, 5.74) is 0. The Morgan fingerprint density at radius 2 is 0.786 bits per heavy atom. The summed E-state index contributed by atoms with van der Waals surface area (Å²) >= 11 is 11.8. The molecule has 3 atom stereocenters. The normalized spacial score (nSPS) is 12.6. The third-order valence-electron chi connectivity index (χ3n) is 3.91. The Kier molecular flexibility index (Phi) is 32.4. The quantitative estimate of drug-likeness (QED) is 0.200. The van der Waals surface area contributed by atoms with Gasteiger partial charge in [0, 0.05) is 17.9 Å². The van der Waals surface area contributed by atoms with E-state index in [9.17, 15) is 29.7 Å². The maximum atomic E-state index is 10.2. The van der Waals surface area contributed by atoms with Gasteiger partial charge in [0.1, 0.15) is 0 Å². The molecule has 0 aromatic heterocycles. The van der Waals surface area contributed by atoms with Crippen molar-refractivity contribution in [3.05, 3.63) is 0 Å². The molecule has 0 heterocycles. The van der Waals surface area contributed by atoms with Crippen LogP contribution >= 0.6 is 37.9 Å². The molecule has 0 spiro atoms. The van der Waals surface area contributed by atoms with Crippen molar-refractivity contribution in [3.8, 4) is 0 Å². The molecule has 0 aromatic rings. The van der Waals surface area contributed by atoms with E-state index in [1.54, 1.807) is 0 Å². The van der Waals surface area contributed by atoms with Crippen LogP contribution in [0.5, 0.6) is 0 Å². The molecule has 0 saturated heterocycles. The zero-order valence-corrected chi connectivity index (χ0v) is 23.0. The maximum Gasteiger partial charge on any atom is 3.00 e. The van der Waals surface area contributed by atoms with Crippen LogP contribution in [0.15, 0.2) is 0 Å². The monoisotopic (exact) mass is 650 g/mol. The molecule has 0 saturated carbocycles. The maximum absolute atomic E-state index is 10.2. The van der Waals surface area contributed by atoms with E-state index in [-0.39, 0.29) is 44.0 Å². The fourth-order valence-corrected chi connectivity index (χ4v) is 2.87. The number of carbonyl (C=O) groups is 3. The van der Waals surface area contributed by atoms with E-state index in [0.717, 1.165) is 0 Å². The molecule has 0 aliphatic rings. The molecule has 0 bridgehead atoms. The number of aliphatic carboxylic acids is 3. The van der Waals surface area contributed by atoms with Gasteiger partial charge < -0.3 is 29.7 Å². The molecule has 10 heteroatoms. The molecule has 6 nitrogen and oxygen atoms in total. The van der Waals surface area contributed by atoms with Crippen LogP contribution in [0.3, 0.4) is 0 Å². The predicted octanol–water partition coefficient (Wildman–Crippen LogP) is -0.134. The van der Waals surface area contributed by atoms with E-state index in [2.05, 4.69) is 37.9 Å². The second-order valence-corrected chi connectivity index (χ2v) is 7.15. The average Bonchev–Trinajstić information content (AvgIpc) is 2.62. The van der Waals surface area contributed by atoms with Crippen molar-refractivity contribution in [2.24, 2.45) is 17.8 Å². The van der Waals surface area contributed by atoms with Gasteiger partial charge in [-0.1, -0.05) is 20.8 Å². The van der Waals surface area contributed by atoms with Crippen LogP contribution in [0.25, 0.3) is 0 Å². The molecule has 0 amide bonds. The van der Waals surface area contributed by atoms with Crippen LogP contribution < -0.4 is 15.3 Å². The molecule has 0 fully saturated rings. The first-order valence-electron chi connectivity index (χ1n) is 9.11. The Bertz CT molecular complexity index is 342. The molecule has 0 aromatic carbocycles. The zero-order valence-electron chi connectivity index (χ0n) is 16.8. The molecule has 164 valence electrons. The van der Waals surface area contributed by atoms with Gasteiger partial charge in [-0.15, -0.1) is 0 Å². The summed E-state index contributed by atoms with van der Waals surface area (Å²) < 4.78 is 0. The van der Waals surface area contributed by atoms with E-state index in [1.165, 1.54) is 0 Å². The summed E-state index contributed by atoms with van der Waals surface area (Å²) in [6.07, 6.45) is 3.76. The number of carboxylic acid groups (broad SMARTS) is 3. The van der Waals surface area contributed by atoms with Crippen LogP contribution in [0, 0.1) is 17.8 Å². The number of hydrogen-bond acceptors (Lipinski definition) is 9. The standard InChI is InChI=1S/3C6H12O2S.Bi/c3*1-2-5(3-4-9)6(7)8;/h3*5,9H,2-4H2,1H3,(H,7,8);/q;;;+3/p-3. The second kappa shape index (κ2) is 25.4. The smallest absolute Gasteiger partial charge is 0.550 e. The molecular weight excluding hydrogens is 617 g/mol. The van der Waals surface area contributed by atoms with Gasteiger partial charge in [0.15, 0.2) is 0 Å². The van der Waals surface area contributed by atoms with Gasteiger partial charge in [-0.2, -0.15) is 37.9 Å². The molecule has 0 aliphatic heterocycles. The van der Waals surface area contributed by atoms with E-state index in [4.69, 9.17) is 0 Å². The molecule has 0 aliphatic carbocycles. The summed E-state index contributed by atoms with van der Waals surface area (Å²) in [5, 5.41) is 30.5. The molecule has 28 heavy (non-hydrogen) atoms. The van der Waals surface area contributed by atoms with Crippen molar-refractivity contribution in [2.75, 3.05) is 17.3 Å². The number of carbonyl (C=O) groups excluding carboxylic acids is 3. The molecule has 2 radical (unpaired) electrons. The second-order valence-electron chi connectivity index (χ2n) is 5.81. The predicted molar refractivity (Wildman–Crippen MR) is 118 cm³/mol. The van der Waals surface area contributed by atoms with Crippen LogP contribution in [0.1, 0.15) is 59.3 Å². The Labute approximate surface area is 205 Å². The summed E-state index contributed by atoms with van der Waals surface area (Å²) in [6.45, 7) is 5.51.